The lowest BCUT2D eigenvalue weighted by Crippen LogP contribution is -2.30. The quantitative estimate of drug-likeness (QED) is 0.0222. The predicted octanol–water partition coefficient (Wildman–Crippen LogP) is 19.6. The summed E-state index contributed by atoms with van der Waals surface area (Å²) in [5, 5.41) is 10.6. The van der Waals surface area contributed by atoms with Gasteiger partial charge in [0, 0.05) is 25.7 Å². The van der Waals surface area contributed by atoms with Crippen molar-refractivity contribution in [2.45, 2.75) is 368 Å². The molecule has 0 fully saturated rings. The van der Waals surface area contributed by atoms with Gasteiger partial charge in [0.1, 0.15) is 19.3 Å². The van der Waals surface area contributed by atoms with Gasteiger partial charge in [0.25, 0.3) is 0 Å². The molecule has 0 aromatic rings. The molecule has 0 saturated carbocycles. The van der Waals surface area contributed by atoms with Crippen LogP contribution in [0.3, 0.4) is 0 Å². The lowest BCUT2D eigenvalue weighted by molar-refractivity contribution is -0.161. The number of rotatable bonds is 68. The van der Waals surface area contributed by atoms with Gasteiger partial charge >= 0.3 is 39.5 Å². The Morgan fingerprint density at radius 3 is 0.773 bits per heavy atom. The normalized spacial score (nSPS) is 14.2. The van der Waals surface area contributed by atoms with Crippen molar-refractivity contribution in [3.8, 4) is 0 Å². The monoisotopic (exact) mass is 1300 g/mol. The molecule has 2 unspecified atom stereocenters. The van der Waals surface area contributed by atoms with Crippen molar-refractivity contribution in [2.24, 2.45) is 11.8 Å². The molecule has 0 aromatic carbocycles. The van der Waals surface area contributed by atoms with E-state index in [9.17, 15) is 43.2 Å². The fourth-order valence-corrected chi connectivity index (χ4v) is 12.0. The molecule has 522 valence electrons. The molecule has 0 aliphatic carbocycles. The van der Waals surface area contributed by atoms with Gasteiger partial charge < -0.3 is 33.8 Å². The van der Waals surface area contributed by atoms with Gasteiger partial charge in [-0.15, -0.1) is 0 Å². The molecule has 3 N–H and O–H groups in total. The first-order chi connectivity index (χ1) is 42.4. The molecule has 0 aliphatic rings. The van der Waals surface area contributed by atoms with Crippen LogP contribution < -0.4 is 0 Å². The number of esters is 4. The number of ether oxygens (including phenoxy) is 4. The van der Waals surface area contributed by atoms with Crippen LogP contribution in [0.25, 0.3) is 0 Å². The Morgan fingerprint density at radius 2 is 0.523 bits per heavy atom. The van der Waals surface area contributed by atoms with Crippen LogP contribution in [0.2, 0.25) is 0 Å². The SMILES string of the molecule is CCCCCCCCCCCCCCCC(=O)O[C@H](COC(=O)CCCCCCCCCCC)COP(=O)(O)OC[C@H](O)COP(=O)(O)OC[C@@H](COC(=O)CCCCCCCCCCCCC(C)C)OC(=O)CCCCCCCCCCCCC(C)C. The molecule has 88 heavy (non-hydrogen) atoms. The number of carbonyl (C=O) groups excluding carboxylic acids is 4. The van der Waals surface area contributed by atoms with Crippen LogP contribution in [0, 0.1) is 11.8 Å². The Hall–Kier alpha value is -1.94. The van der Waals surface area contributed by atoms with Crippen molar-refractivity contribution in [3.05, 3.63) is 0 Å². The van der Waals surface area contributed by atoms with Gasteiger partial charge in [0.05, 0.1) is 26.4 Å². The summed E-state index contributed by atoms with van der Waals surface area (Å²) in [5.41, 5.74) is 0. The van der Waals surface area contributed by atoms with Gasteiger partial charge in [-0.3, -0.25) is 37.3 Å². The summed E-state index contributed by atoms with van der Waals surface area (Å²) in [7, 11) is -9.90. The van der Waals surface area contributed by atoms with Crippen molar-refractivity contribution >= 4 is 39.5 Å². The smallest absolute Gasteiger partial charge is 0.462 e. The lowest BCUT2D eigenvalue weighted by Gasteiger charge is -2.21. The first-order valence-electron chi connectivity index (χ1n) is 36.0. The number of hydrogen-bond donors (Lipinski definition) is 3. The summed E-state index contributed by atoms with van der Waals surface area (Å²) in [6.07, 6.45) is 45.7. The van der Waals surface area contributed by atoms with Gasteiger partial charge in [-0.05, 0) is 37.5 Å². The van der Waals surface area contributed by atoms with E-state index in [0.29, 0.717) is 25.7 Å². The van der Waals surface area contributed by atoms with E-state index >= 15 is 0 Å². The molecule has 0 rings (SSSR count). The molecular weight excluding hydrogens is 1160 g/mol. The van der Waals surface area contributed by atoms with E-state index in [0.717, 1.165) is 102 Å². The van der Waals surface area contributed by atoms with E-state index in [1.807, 2.05) is 0 Å². The average molecular weight is 1300 g/mol. The third kappa shape index (κ3) is 62.8. The molecule has 0 amide bonds. The molecule has 19 heteroatoms. The van der Waals surface area contributed by atoms with Crippen molar-refractivity contribution in [2.75, 3.05) is 39.6 Å². The standard InChI is InChI=1S/C69H134O17P2/c1-7-9-11-13-15-17-18-19-20-29-35-41-47-53-68(73)85-64(57-79-66(71)51-45-39-33-25-16-14-12-10-8-2)59-83-87(75,76)81-55-63(70)56-82-88(77,78)84-60-65(86-69(74)54-48-42-36-30-24-22-27-32-38-44-50-62(5)6)58-80-67(72)52-46-40-34-28-23-21-26-31-37-43-49-61(3)4/h61-65,70H,7-60H2,1-6H3,(H,75,76)(H,77,78)/t63-,64+,65+/m0/s1. The van der Waals surface area contributed by atoms with Gasteiger partial charge in [0.2, 0.25) is 0 Å². The highest BCUT2D eigenvalue weighted by atomic mass is 31.2. The van der Waals surface area contributed by atoms with E-state index in [1.54, 1.807) is 0 Å². The van der Waals surface area contributed by atoms with Crippen molar-refractivity contribution in [3.63, 3.8) is 0 Å². The van der Waals surface area contributed by atoms with Gasteiger partial charge in [-0.25, -0.2) is 9.13 Å². The van der Waals surface area contributed by atoms with E-state index in [-0.39, 0.29) is 25.7 Å². The maximum absolute atomic E-state index is 13.0. The maximum Gasteiger partial charge on any atom is 0.472 e. The number of hydrogen-bond acceptors (Lipinski definition) is 15. The second-order valence-corrected chi connectivity index (χ2v) is 28.8. The fourth-order valence-electron chi connectivity index (χ4n) is 10.4. The van der Waals surface area contributed by atoms with Crippen LogP contribution in [0.1, 0.15) is 350 Å². The summed E-state index contributed by atoms with van der Waals surface area (Å²) in [4.78, 5) is 72.5. The van der Waals surface area contributed by atoms with E-state index in [2.05, 4.69) is 41.5 Å². The maximum atomic E-state index is 13.0. The van der Waals surface area contributed by atoms with Crippen LogP contribution in [0.5, 0.6) is 0 Å². The fraction of sp³-hybridized carbons (Fsp3) is 0.942. The molecule has 0 heterocycles. The molecule has 0 bridgehead atoms. The third-order valence-corrected chi connectivity index (χ3v) is 17.9. The van der Waals surface area contributed by atoms with E-state index < -0.39 is 97.5 Å². The highest BCUT2D eigenvalue weighted by molar-refractivity contribution is 7.47. The third-order valence-electron chi connectivity index (χ3n) is 16.0. The number of phosphoric acid groups is 2. The van der Waals surface area contributed by atoms with Crippen LogP contribution in [0.15, 0.2) is 0 Å². The topological polar surface area (TPSA) is 237 Å². The number of unbranched alkanes of at least 4 members (excludes halogenated alkanes) is 38. The average Bonchev–Trinajstić information content (AvgIpc) is 3.68. The zero-order chi connectivity index (χ0) is 65.0. The minimum Gasteiger partial charge on any atom is -0.462 e. The van der Waals surface area contributed by atoms with Gasteiger partial charge in [-0.1, -0.05) is 298 Å². The first-order valence-corrected chi connectivity index (χ1v) is 39.0. The van der Waals surface area contributed by atoms with Gasteiger partial charge in [0.15, 0.2) is 12.2 Å². The summed E-state index contributed by atoms with van der Waals surface area (Å²) >= 11 is 0. The summed E-state index contributed by atoms with van der Waals surface area (Å²) in [5.74, 6) is -0.615. The molecule has 0 aliphatic heterocycles. The van der Waals surface area contributed by atoms with Crippen LogP contribution in [0.4, 0.5) is 0 Å². The number of aliphatic hydroxyl groups is 1. The highest BCUT2D eigenvalue weighted by Gasteiger charge is 2.30. The Morgan fingerprint density at radius 1 is 0.307 bits per heavy atom. The molecule has 5 atom stereocenters. The Labute approximate surface area is 537 Å². The summed E-state index contributed by atoms with van der Waals surface area (Å²) in [6.45, 7) is 9.51. The molecule has 0 saturated heterocycles. The van der Waals surface area contributed by atoms with Crippen LogP contribution >= 0.6 is 15.6 Å². The zero-order valence-corrected chi connectivity index (χ0v) is 58.8. The van der Waals surface area contributed by atoms with Gasteiger partial charge in [-0.2, -0.15) is 0 Å². The molecule has 0 spiro atoms. The van der Waals surface area contributed by atoms with Crippen LogP contribution in [-0.4, -0.2) is 96.7 Å². The number of carbonyl (C=O) groups is 4. The molecule has 17 nitrogen and oxygen atoms in total. The minimum absolute atomic E-state index is 0.106. The predicted molar refractivity (Wildman–Crippen MR) is 354 cm³/mol. The lowest BCUT2D eigenvalue weighted by atomic mass is 10.0. The van der Waals surface area contributed by atoms with E-state index in [1.165, 1.54) is 167 Å². The highest BCUT2D eigenvalue weighted by Crippen LogP contribution is 2.45. The summed E-state index contributed by atoms with van der Waals surface area (Å²) < 4.78 is 68.2. The number of phosphoric ester groups is 2. The summed E-state index contributed by atoms with van der Waals surface area (Å²) in [6, 6.07) is 0. The molecular formula is C69H134O17P2. The van der Waals surface area contributed by atoms with Crippen LogP contribution in [-0.2, 0) is 65.4 Å². The first kappa shape index (κ1) is 86.1. The largest absolute Gasteiger partial charge is 0.472 e. The zero-order valence-electron chi connectivity index (χ0n) is 57.0. The minimum atomic E-state index is -4.95. The van der Waals surface area contributed by atoms with E-state index in [4.69, 9.17) is 37.0 Å². The van der Waals surface area contributed by atoms with Crippen molar-refractivity contribution in [1.29, 1.82) is 0 Å². The second kappa shape index (κ2) is 61.3. The number of aliphatic hydroxyl groups excluding tert-OH is 1. The second-order valence-electron chi connectivity index (χ2n) is 25.9. The molecule has 0 aromatic heterocycles. The van der Waals surface area contributed by atoms with Crippen molar-refractivity contribution < 1.29 is 80.2 Å². The van der Waals surface area contributed by atoms with Crippen molar-refractivity contribution in [1.82, 2.24) is 0 Å². The Kier molecular flexibility index (Phi) is 59.9. The Bertz CT molecular complexity index is 1720. The molecule has 0 radical (unpaired) electrons. The Balaban J connectivity index is 5.24.